The van der Waals surface area contributed by atoms with Gasteiger partial charge in [-0.25, -0.2) is 4.79 Å². The van der Waals surface area contributed by atoms with Crippen LogP contribution in [0, 0.1) is 0 Å². The van der Waals surface area contributed by atoms with Crippen LogP contribution in [0.3, 0.4) is 0 Å². The molecular formula is C6H9N3O3. The third-order valence-electron chi connectivity index (χ3n) is 1.30. The molecule has 0 fully saturated rings. The summed E-state index contributed by atoms with van der Waals surface area (Å²) in [6.45, 7) is 0.541. The van der Waals surface area contributed by atoms with Gasteiger partial charge in [0.2, 0.25) is 0 Å². The number of aryl methyl sites for hydroxylation is 1. The minimum absolute atomic E-state index is 0.0578. The van der Waals surface area contributed by atoms with Crippen LogP contribution >= 0.6 is 0 Å². The first-order chi connectivity index (χ1) is 5.74. The monoisotopic (exact) mass is 171 g/mol. The van der Waals surface area contributed by atoms with Crippen molar-refractivity contribution in [3.05, 3.63) is 11.9 Å². The largest absolute Gasteiger partial charge is 0.476 e. The summed E-state index contributed by atoms with van der Waals surface area (Å²) in [7, 11) is 0. The van der Waals surface area contributed by atoms with Gasteiger partial charge in [0.1, 0.15) is 0 Å². The fourth-order valence-electron chi connectivity index (χ4n) is 0.738. The van der Waals surface area contributed by atoms with Crippen molar-refractivity contribution in [1.82, 2.24) is 15.0 Å². The van der Waals surface area contributed by atoms with Gasteiger partial charge in [-0.1, -0.05) is 5.21 Å². The SMILES string of the molecule is O=C(O)c1cn(CCCO)nn1. The summed E-state index contributed by atoms with van der Waals surface area (Å²) in [5, 5.41) is 23.9. The summed E-state index contributed by atoms with van der Waals surface area (Å²) in [5.41, 5.74) is -0.0760. The van der Waals surface area contributed by atoms with Gasteiger partial charge in [0.15, 0.2) is 5.69 Å². The molecule has 0 unspecified atom stereocenters. The molecule has 0 aliphatic carbocycles. The molecule has 0 saturated carbocycles. The summed E-state index contributed by atoms with van der Waals surface area (Å²) < 4.78 is 1.39. The van der Waals surface area contributed by atoms with Crippen molar-refractivity contribution in [3.63, 3.8) is 0 Å². The Hall–Kier alpha value is -1.43. The Morgan fingerprint density at radius 1 is 1.67 bits per heavy atom. The third kappa shape index (κ3) is 2.03. The van der Waals surface area contributed by atoms with Gasteiger partial charge in [0.25, 0.3) is 0 Å². The molecule has 0 aliphatic heterocycles. The number of carboxylic acids is 1. The van der Waals surface area contributed by atoms with Crippen molar-refractivity contribution < 1.29 is 15.0 Å². The Balaban J connectivity index is 2.58. The topological polar surface area (TPSA) is 88.2 Å². The standard InChI is InChI=1S/C6H9N3O3/c10-3-1-2-9-4-5(6(11)12)7-8-9/h4,10H,1-3H2,(H,11,12). The number of carbonyl (C=O) groups is 1. The van der Waals surface area contributed by atoms with Gasteiger partial charge in [-0.15, -0.1) is 5.10 Å². The second kappa shape index (κ2) is 3.82. The lowest BCUT2D eigenvalue weighted by molar-refractivity contribution is 0.0690. The van der Waals surface area contributed by atoms with Gasteiger partial charge >= 0.3 is 5.97 Å². The highest BCUT2D eigenvalue weighted by Crippen LogP contribution is 1.93. The molecule has 1 heterocycles. The predicted molar refractivity (Wildman–Crippen MR) is 38.7 cm³/mol. The molecule has 12 heavy (non-hydrogen) atoms. The quantitative estimate of drug-likeness (QED) is 0.629. The maximum atomic E-state index is 10.3. The van der Waals surface area contributed by atoms with Crippen molar-refractivity contribution in [2.45, 2.75) is 13.0 Å². The van der Waals surface area contributed by atoms with Gasteiger partial charge in [0, 0.05) is 13.2 Å². The zero-order valence-electron chi connectivity index (χ0n) is 6.34. The number of hydrogen-bond donors (Lipinski definition) is 2. The van der Waals surface area contributed by atoms with Gasteiger partial charge in [-0.2, -0.15) is 0 Å². The van der Waals surface area contributed by atoms with E-state index in [0.717, 1.165) is 0 Å². The minimum Gasteiger partial charge on any atom is -0.476 e. The van der Waals surface area contributed by atoms with Crippen molar-refractivity contribution in [2.75, 3.05) is 6.61 Å². The maximum absolute atomic E-state index is 10.3. The van der Waals surface area contributed by atoms with Crippen LogP contribution in [-0.4, -0.2) is 37.8 Å². The normalized spacial score (nSPS) is 10.1. The summed E-state index contributed by atoms with van der Waals surface area (Å²) in [6.07, 6.45) is 1.88. The van der Waals surface area contributed by atoms with Gasteiger partial charge < -0.3 is 10.2 Å². The Morgan fingerprint density at radius 2 is 2.42 bits per heavy atom. The van der Waals surface area contributed by atoms with E-state index >= 15 is 0 Å². The van der Waals surface area contributed by atoms with Crippen molar-refractivity contribution in [2.24, 2.45) is 0 Å². The Labute approximate surface area is 68.4 Å². The van der Waals surface area contributed by atoms with E-state index in [4.69, 9.17) is 10.2 Å². The highest BCUT2D eigenvalue weighted by Gasteiger charge is 2.06. The molecular weight excluding hydrogens is 162 g/mol. The Kier molecular flexibility index (Phi) is 2.76. The fraction of sp³-hybridized carbons (Fsp3) is 0.500. The van der Waals surface area contributed by atoms with Gasteiger partial charge in [-0.05, 0) is 6.42 Å². The molecule has 0 spiro atoms. The predicted octanol–water partition coefficient (Wildman–Crippen LogP) is -0.641. The Morgan fingerprint density at radius 3 is 2.92 bits per heavy atom. The van der Waals surface area contributed by atoms with E-state index in [1.54, 1.807) is 0 Å². The van der Waals surface area contributed by atoms with Crippen LogP contribution in [-0.2, 0) is 6.54 Å². The molecule has 0 aliphatic rings. The molecule has 6 heteroatoms. The molecule has 0 aromatic carbocycles. The van der Waals surface area contributed by atoms with E-state index in [9.17, 15) is 4.79 Å². The second-order valence-electron chi connectivity index (χ2n) is 2.25. The van der Waals surface area contributed by atoms with Crippen LogP contribution in [0.2, 0.25) is 0 Å². The first-order valence-electron chi connectivity index (χ1n) is 3.48. The molecule has 6 nitrogen and oxygen atoms in total. The van der Waals surface area contributed by atoms with E-state index < -0.39 is 5.97 Å². The van der Waals surface area contributed by atoms with Crippen molar-refractivity contribution in [3.8, 4) is 0 Å². The lowest BCUT2D eigenvalue weighted by atomic mass is 10.4. The zero-order chi connectivity index (χ0) is 8.97. The molecule has 1 aromatic heterocycles. The molecule has 2 N–H and O–H groups in total. The number of aliphatic hydroxyl groups excluding tert-OH is 1. The summed E-state index contributed by atoms with van der Waals surface area (Å²) in [5.74, 6) is -1.09. The summed E-state index contributed by atoms with van der Waals surface area (Å²) in [6, 6.07) is 0. The number of aromatic nitrogens is 3. The molecule has 1 rings (SSSR count). The first-order valence-corrected chi connectivity index (χ1v) is 3.48. The van der Waals surface area contributed by atoms with Gasteiger partial charge in [-0.3, -0.25) is 4.68 Å². The highest BCUT2D eigenvalue weighted by molar-refractivity contribution is 5.84. The van der Waals surface area contributed by atoms with Crippen molar-refractivity contribution in [1.29, 1.82) is 0 Å². The van der Waals surface area contributed by atoms with Crippen molar-refractivity contribution >= 4 is 5.97 Å². The summed E-state index contributed by atoms with van der Waals surface area (Å²) in [4.78, 5) is 10.3. The minimum atomic E-state index is -1.09. The fourth-order valence-corrected chi connectivity index (χ4v) is 0.738. The second-order valence-corrected chi connectivity index (χ2v) is 2.25. The molecule has 0 bridgehead atoms. The number of aromatic carboxylic acids is 1. The van der Waals surface area contributed by atoms with Crippen LogP contribution in [0.4, 0.5) is 0 Å². The molecule has 66 valence electrons. The smallest absolute Gasteiger partial charge is 0.358 e. The number of hydrogen-bond acceptors (Lipinski definition) is 4. The van der Waals surface area contributed by atoms with E-state index in [2.05, 4.69) is 10.3 Å². The van der Waals surface area contributed by atoms with E-state index in [-0.39, 0.29) is 12.3 Å². The van der Waals surface area contributed by atoms with Crippen LogP contribution < -0.4 is 0 Å². The average Bonchev–Trinajstić information content (AvgIpc) is 2.48. The Bertz CT molecular complexity index is 271. The molecule has 0 amide bonds. The number of carboxylic acid groups (broad SMARTS) is 1. The average molecular weight is 171 g/mol. The molecule has 0 saturated heterocycles. The van der Waals surface area contributed by atoms with Gasteiger partial charge in [0.05, 0.1) is 6.20 Å². The number of nitrogens with zero attached hydrogens (tertiary/aromatic N) is 3. The summed E-state index contributed by atoms with van der Waals surface area (Å²) >= 11 is 0. The zero-order valence-corrected chi connectivity index (χ0v) is 6.34. The maximum Gasteiger partial charge on any atom is 0.358 e. The molecule has 0 radical (unpaired) electrons. The van der Waals surface area contributed by atoms with E-state index in [1.165, 1.54) is 10.9 Å². The molecule has 1 aromatic rings. The number of rotatable bonds is 4. The first kappa shape index (κ1) is 8.66. The third-order valence-corrected chi connectivity index (χ3v) is 1.30. The van der Waals surface area contributed by atoms with Crippen LogP contribution in [0.25, 0.3) is 0 Å². The lowest BCUT2D eigenvalue weighted by Crippen LogP contribution is -2.00. The lowest BCUT2D eigenvalue weighted by Gasteiger charge is -1.94. The van der Waals surface area contributed by atoms with Crippen LogP contribution in [0.1, 0.15) is 16.9 Å². The van der Waals surface area contributed by atoms with E-state index in [1.807, 2.05) is 0 Å². The molecule has 0 atom stereocenters. The van der Waals surface area contributed by atoms with Crippen LogP contribution in [0.15, 0.2) is 6.20 Å². The van der Waals surface area contributed by atoms with E-state index in [0.29, 0.717) is 13.0 Å². The van der Waals surface area contributed by atoms with Crippen LogP contribution in [0.5, 0.6) is 0 Å². The number of aliphatic hydroxyl groups is 1. The highest BCUT2D eigenvalue weighted by atomic mass is 16.4.